The first-order valence-corrected chi connectivity index (χ1v) is 7.35. The summed E-state index contributed by atoms with van der Waals surface area (Å²) in [6.45, 7) is 3.26. The molecule has 1 aromatic carbocycles. The van der Waals surface area contributed by atoms with Gasteiger partial charge in [0, 0.05) is 6.07 Å². The summed E-state index contributed by atoms with van der Waals surface area (Å²) >= 11 is 0. The molecule has 0 atom stereocenters. The second kappa shape index (κ2) is 6.76. The van der Waals surface area contributed by atoms with Crippen molar-refractivity contribution in [2.45, 2.75) is 20.5 Å². The van der Waals surface area contributed by atoms with E-state index >= 15 is 0 Å². The fourth-order valence-corrected chi connectivity index (χ4v) is 2.16. The topological polar surface area (TPSA) is 77.5 Å². The number of aryl methyl sites for hydroxylation is 2. The van der Waals surface area contributed by atoms with Crippen molar-refractivity contribution in [3.05, 3.63) is 64.9 Å². The lowest BCUT2D eigenvalue weighted by atomic mass is 10.3. The van der Waals surface area contributed by atoms with Gasteiger partial charge in [-0.15, -0.1) is 0 Å². The summed E-state index contributed by atoms with van der Waals surface area (Å²) in [7, 11) is 0. The normalized spacial score (nSPS) is 10.7. The van der Waals surface area contributed by atoms with Crippen LogP contribution in [-0.4, -0.2) is 11.1 Å². The zero-order valence-corrected chi connectivity index (χ0v) is 13.4. The van der Waals surface area contributed by atoms with Crippen LogP contribution in [0.15, 0.2) is 39.3 Å². The van der Waals surface area contributed by atoms with E-state index in [1.54, 1.807) is 13.8 Å². The molecule has 1 amide bonds. The number of benzene rings is 1. The third kappa shape index (κ3) is 3.68. The molecule has 0 spiro atoms. The fourth-order valence-electron chi connectivity index (χ4n) is 2.16. The van der Waals surface area contributed by atoms with E-state index in [4.69, 9.17) is 13.7 Å². The standard InChI is InChI=1S/C17H14F2N2O4/c1-9-16(10(2)25-21-9)20-17(22)15-6-4-12(24-15)8-23-14-5-3-11(18)7-13(14)19/h3-7H,8H2,1-2H3,(H,20,22). The van der Waals surface area contributed by atoms with Gasteiger partial charge < -0.3 is 19.0 Å². The van der Waals surface area contributed by atoms with E-state index < -0.39 is 17.5 Å². The van der Waals surface area contributed by atoms with Crippen molar-refractivity contribution in [2.24, 2.45) is 0 Å². The average molecular weight is 348 g/mol. The second-order valence-electron chi connectivity index (χ2n) is 5.28. The monoisotopic (exact) mass is 348 g/mol. The maximum absolute atomic E-state index is 13.5. The number of ether oxygens (including phenoxy) is 1. The molecule has 0 saturated carbocycles. The number of aromatic nitrogens is 1. The first-order chi connectivity index (χ1) is 11.9. The molecule has 2 aromatic heterocycles. The molecule has 0 aliphatic rings. The first kappa shape index (κ1) is 16.7. The third-order valence-corrected chi connectivity index (χ3v) is 3.42. The summed E-state index contributed by atoms with van der Waals surface area (Å²) in [6.07, 6.45) is 0. The van der Waals surface area contributed by atoms with Crippen molar-refractivity contribution in [3.8, 4) is 5.75 Å². The van der Waals surface area contributed by atoms with Crippen molar-refractivity contribution in [1.82, 2.24) is 5.16 Å². The Morgan fingerprint density at radius 3 is 2.72 bits per heavy atom. The van der Waals surface area contributed by atoms with E-state index in [1.165, 1.54) is 18.2 Å². The van der Waals surface area contributed by atoms with Crippen molar-refractivity contribution in [1.29, 1.82) is 0 Å². The van der Waals surface area contributed by atoms with Gasteiger partial charge in [0.05, 0.1) is 0 Å². The van der Waals surface area contributed by atoms with Crippen molar-refractivity contribution < 1.29 is 27.3 Å². The van der Waals surface area contributed by atoms with E-state index in [9.17, 15) is 13.6 Å². The van der Waals surface area contributed by atoms with Crippen molar-refractivity contribution in [2.75, 3.05) is 5.32 Å². The van der Waals surface area contributed by atoms with E-state index in [0.717, 1.165) is 12.1 Å². The summed E-state index contributed by atoms with van der Waals surface area (Å²) in [5, 5.41) is 6.39. The van der Waals surface area contributed by atoms with Gasteiger partial charge in [-0.1, -0.05) is 5.16 Å². The van der Waals surface area contributed by atoms with Crippen molar-refractivity contribution >= 4 is 11.6 Å². The van der Waals surface area contributed by atoms with Crippen molar-refractivity contribution in [3.63, 3.8) is 0 Å². The molecule has 8 heteroatoms. The number of rotatable bonds is 5. The number of carbonyl (C=O) groups excluding carboxylic acids is 1. The molecule has 2 heterocycles. The molecule has 0 saturated heterocycles. The molecular formula is C17H14F2N2O4. The lowest BCUT2D eigenvalue weighted by Gasteiger charge is -2.05. The third-order valence-electron chi connectivity index (χ3n) is 3.42. The number of carbonyl (C=O) groups is 1. The predicted molar refractivity (Wildman–Crippen MR) is 83.3 cm³/mol. The van der Waals surface area contributed by atoms with Crippen LogP contribution in [0.1, 0.15) is 27.8 Å². The Morgan fingerprint density at radius 1 is 1.24 bits per heavy atom. The Balaban J connectivity index is 1.65. The number of anilines is 1. The Hall–Kier alpha value is -3.16. The molecule has 0 aliphatic heterocycles. The molecule has 0 aliphatic carbocycles. The summed E-state index contributed by atoms with van der Waals surface area (Å²) in [5.41, 5.74) is 1.03. The molecule has 0 fully saturated rings. The largest absolute Gasteiger partial charge is 0.483 e. The van der Waals surface area contributed by atoms with Crippen LogP contribution >= 0.6 is 0 Å². The highest BCUT2D eigenvalue weighted by Gasteiger charge is 2.17. The number of furan rings is 1. The molecular weight excluding hydrogens is 334 g/mol. The number of nitrogens with zero attached hydrogens (tertiary/aromatic N) is 1. The highest BCUT2D eigenvalue weighted by Crippen LogP contribution is 2.22. The molecule has 0 radical (unpaired) electrons. The summed E-state index contributed by atoms with van der Waals surface area (Å²) < 4.78 is 41.9. The molecule has 0 unspecified atom stereocenters. The van der Waals surface area contributed by atoms with Gasteiger partial charge in [0.15, 0.2) is 23.1 Å². The van der Waals surface area contributed by atoms with Crippen LogP contribution in [-0.2, 0) is 6.61 Å². The molecule has 3 aromatic rings. The van der Waals surface area contributed by atoms with Crippen LogP contribution < -0.4 is 10.1 Å². The number of amides is 1. The Labute approximate surface area is 141 Å². The van der Waals surface area contributed by atoms with Gasteiger partial charge in [0.25, 0.3) is 5.91 Å². The zero-order chi connectivity index (χ0) is 18.0. The van der Waals surface area contributed by atoms with Gasteiger partial charge in [-0.3, -0.25) is 4.79 Å². The van der Waals surface area contributed by atoms with E-state index in [0.29, 0.717) is 22.9 Å². The predicted octanol–water partition coefficient (Wildman–Crippen LogP) is 3.99. The van der Waals surface area contributed by atoms with Crippen LogP contribution in [0.2, 0.25) is 0 Å². The fraction of sp³-hybridized carbons (Fsp3) is 0.176. The second-order valence-corrected chi connectivity index (χ2v) is 5.28. The van der Waals surface area contributed by atoms with Gasteiger partial charge in [-0.05, 0) is 38.1 Å². The minimum Gasteiger partial charge on any atom is -0.483 e. The van der Waals surface area contributed by atoms with Crippen LogP contribution in [0.4, 0.5) is 14.5 Å². The van der Waals surface area contributed by atoms with Gasteiger partial charge >= 0.3 is 0 Å². The molecule has 1 N–H and O–H groups in total. The molecule has 25 heavy (non-hydrogen) atoms. The first-order valence-electron chi connectivity index (χ1n) is 7.35. The van der Waals surface area contributed by atoms with Crippen LogP contribution in [0, 0.1) is 25.5 Å². The van der Waals surface area contributed by atoms with Gasteiger partial charge in [-0.25, -0.2) is 8.78 Å². The van der Waals surface area contributed by atoms with Crippen LogP contribution in [0.5, 0.6) is 5.75 Å². The maximum Gasteiger partial charge on any atom is 0.291 e. The Morgan fingerprint density at radius 2 is 2.04 bits per heavy atom. The summed E-state index contributed by atoms with van der Waals surface area (Å²) in [5.74, 6) is -1.25. The highest BCUT2D eigenvalue weighted by atomic mass is 19.1. The smallest absolute Gasteiger partial charge is 0.291 e. The SMILES string of the molecule is Cc1noc(C)c1NC(=O)c1ccc(COc2ccc(F)cc2F)o1. The number of nitrogens with one attached hydrogen (secondary N) is 1. The van der Waals surface area contributed by atoms with Gasteiger partial charge in [-0.2, -0.15) is 0 Å². The minimum absolute atomic E-state index is 0.0539. The van der Waals surface area contributed by atoms with E-state index in [-0.39, 0.29) is 18.1 Å². The average Bonchev–Trinajstić information content (AvgIpc) is 3.16. The molecule has 130 valence electrons. The number of halogens is 2. The molecule has 3 rings (SSSR count). The minimum atomic E-state index is -0.817. The lowest BCUT2D eigenvalue weighted by Crippen LogP contribution is -2.12. The Kier molecular flexibility index (Phi) is 4.51. The molecule has 6 nitrogen and oxygen atoms in total. The summed E-state index contributed by atoms with van der Waals surface area (Å²) in [4.78, 5) is 12.2. The summed E-state index contributed by atoms with van der Waals surface area (Å²) in [6, 6.07) is 5.98. The van der Waals surface area contributed by atoms with E-state index in [1.807, 2.05) is 0 Å². The number of hydrogen-bond acceptors (Lipinski definition) is 5. The van der Waals surface area contributed by atoms with Crippen LogP contribution in [0.3, 0.4) is 0 Å². The quantitative estimate of drug-likeness (QED) is 0.754. The van der Waals surface area contributed by atoms with Gasteiger partial charge in [0.2, 0.25) is 0 Å². The molecule has 0 bridgehead atoms. The number of hydrogen-bond donors (Lipinski definition) is 1. The lowest BCUT2D eigenvalue weighted by molar-refractivity contribution is 0.0992. The van der Waals surface area contributed by atoms with E-state index in [2.05, 4.69) is 10.5 Å². The highest BCUT2D eigenvalue weighted by molar-refractivity contribution is 6.02. The Bertz CT molecular complexity index is 898. The van der Waals surface area contributed by atoms with Gasteiger partial charge in [0.1, 0.15) is 29.6 Å². The zero-order valence-electron chi connectivity index (χ0n) is 13.4. The maximum atomic E-state index is 13.5. The van der Waals surface area contributed by atoms with Crippen LogP contribution in [0.25, 0.3) is 0 Å².